The number of fused-ring (bicyclic) bond motifs is 1. The minimum absolute atomic E-state index is 0.111. The summed E-state index contributed by atoms with van der Waals surface area (Å²) in [4.78, 5) is 42.9. The number of hydrogen-bond acceptors (Lipinski definition) is 5. The monoisotopic (exact) mass is 401 g/mol. The van der Waals surface area contributed by atoms with E-state index in [-0.39, 0.29) is 24.1 Å². The van der Waals surface area contributed by atoms with E-state index in [1.807, 2.05) is 0 Å². The highest BCUT2D eigenvalue weighted by Gasteiger charge is 2.19. The van der Waals surface area contributed by atoms with Crippen LogP contribution in [0.4, 0.5) is 14.5 Å². The lowest BCUT2D eigenvalue weighted by Crippen LogP contribution is -2.30. The van der Waals surface area contributed by atoms with Crippen molar-refractivity contribution in [2.24, 2.45) is 0 Å². The molecule has 3 rings (SSSR count). The topological polar surface area (TPSA) is 101 Å². The number of anilines is 1. The average molecular weight is 401 g/mol. The summed E-state index contributed by atoms with van der Waals surface area (Å²) < 4.78 is 31.5. The van der Waals surface area contributed by atoms with Gasteiger partial charge in [0, 0.05) is 12.5 Å². The first-order chi connectivity index (χ1) is 13.8. The summed E-state index contributed by atoms with van der Waals surface area (Å²) in [7, 11) is 0. The van der Waals surface area contributed by atoms with E-state index >= 15 is 0 Å². The number of ether oxygens (including phenoxy) is 1. The number of carbonyl (C=O) groups excluding carboxylic acids is 2. The molecule has 1 heterocycles. The van der Waals surface area contributed by atoms with Crippen molar-refractivity contribution in [1.82, 2.24) is 9.97 Å². The van der Waals surface area contributed by atoms with Crippen molar-refractivity contribution in [2.45, 2.75) is 25.9 Å². The molecule has 9 heteroatoms. The molecule has 0 saturated heterocycles. The molecule has 1 atom stereocenters. The molecule has 0 unspecified atom stereocenters. The summed E-state index contributed by atoms with van der Waals surface area (Å²) in [6.07, 6.45) is -1.21. The van der Waals surface area contributed by atoms with Crippen molar-refractivity contribution in [2.75, 3.05) is 5.32 Å². The van der Waals surface area contributed by atoms with E-state index in [0.717, 1.165) is 12.1 Å². The molecule has 1 aromatic heterocycles. The number of amides is 1. The van der Waals surface area contributed by atoms with Gasteiger partial charge in [0.25, 0.3) is 11.5 Å². The third kappa shape index (κ3) is 5.01. The Morgan fingerprint density at radius 3 is 2.72 bits per heavy atom. The van der Waals surface area contributed by atoms with Gasteiger partial charge in [0.15, 0.2) is 6.10 Å². The highest BCUT2D eigenvalue weighted by atomic mass is 19.1. The van der Waals surface area contributed by atoms with Crippen LogP contribution in [0.15, 0.2) is 47.3 Å². The van der Waals surface area contributed by atoms with Gasteiger partial charge in [0.05, 0.1) is 23.0 Å². The maximum atomic E-state index is 13.6. The molecular formula is C20H17F2N3O4. The summed E-state index contributed by atoms with van der Waals surface area (Å²) in [5, 5.41) is 2.67. The SMILES string of the molecule is C[C@H](OC(=O)CCc1nc2ccccc2c(=O)[nH]1)C(=O)Nc1ccc(F)cc1F. The maximum Gasteiger partial charge on any atom is 0.307 e. The first-order valence-corrected chi connectivity index (χ1v) is 8.77. The van der Waals surface area contributed by atoms with Crippen LogP contribution >= 0.6 is 0 Å². The maximum absolute atomic E-state index is 13.6. The molecule has 0 aliphatic carbocycles. The minimum atomic E-state index is -1.20. The van der Waals surface area contributed by atoms with Gasteiger partial charge in [0.1, 0.15) is 17.5 Å². The normalized spacial score (nSPS) is 11.8. The number of nitrogens with zero attached hydrogens (tertiary/aromatic N) is 1. The highest BCUT2D eigenvalue weighted by molar-refractivity contribution is 5.95. The molecule has 150 valence electrons. The number of hydrogen-bond donors (Lipinski definition) is 2. The number of aromatic amines is 1. The van der Waals surface area contributed by atoms with Gasteiger partial charge < -0.3 is 15.0 Å². The van der Waals surface area contributed by atoms with Crippen molar-refractivity contribution in [1.29, 1.82) is 0 Å². The molecule has 0 saturated carbocycles. The van der Waals surface area contributed by atoms with Crippen LogP contribution in [0.5, 0.6) is 0 Å². The quantitative estimate of drug-likeness (QED) is 0.619. The molecule has 3 aromatic rings. The van der Waals surface area contributed by atoms with Gasteiger partial charge >= 0.3 is 5.97 Å². The van der Waals surface area contributed by atoms with E-state index < -0.39 is 29.6 Å². The number of esters is 1. The van der Waals surface area contributed by atoms with Crippen molar-refractivity contribution < 1.29 is 23.1 Å². The lowest BCUT2D eigenvalue weighted by Gasteiger charge is -2.14. The van der Waals surface area contributed by atoms with E-state index in [1.165, 1.54) is 6.92 Å². The van der Waals surface area contributed by atoms with E-state index in [1.54, 1.807) is 24.3 Å². The number of benzene rings is 2. The highest BCUT2D eigenvalue weighted by Crippen LogP contribution is 2.15. The standard InChI is InChI=1S/C20H17F2N3O4/c1-11(19(27)24-16-7-6-12(21)10-14(16)22)29-18(26)9-8-17-23-15-5-3-2-4-13(15)20(28)25-17/h2-7,10-11H,8-9H2,1H3,(H,24,27)(H,23,25,28)/t11-/m0/s1. The Kier molecular flexibility index (Phi) is 5.96. The van der Waals surface area contributed by atoms with Crippen molar-refractivity contribution >= 4 is 28.5 Å². The van der Waals surface area contributed by atoms with Crippen LogP contribution in [-0.2, 0) is 20.7 Å². The number of aromatic nitrogens is 2. The molecule has 29 heavy (non-hydrogen) atoms. The fourth-order valence-corrected chi connectivity index (χ4v) is 2.61. The summed E-state index contributed by atoms with van der Waals surface area (Å²) >= 11 is 0. The molecule has 2 N–H and O–H groups in total. The van der Waals surface area contributed by atoms with Crippen LogP contribution < -0.4 is 10.9 Å². The van der Waals surface area contributed by atoms with Crippen LogP contribution in [0.25, 0.3) is 10.9 Å². The van der Waals surface area contributed by atoms with Gasteiger partial charge in [0.2, 0.25) is 0 Å². The van der Waals surface area contributed by atoms with Gasteiger partial charge in [-0.15, -0.1) is 0 Å². The summed E-state index contributed by atoms with van der Waals surface area (Å²) in [6, 6.07) is 9.49. The average Bonchev–Trinajstić information content (AvgIpc) is 2.68. The van der Waals surface area contributed by atoms with Crippen LogP contribution in [0, 0.1) is 11.6 Å². The lowest BCUT2D eigenvalue weighted by atomic mass is 10.2. The van der Waals surface area contributed by atoms with Crippen LogP contribution in [-0.4, -0.2) is 27.9 Å². The van der Waals surface area contributed by atoms with E-state index in [0.29, 0.717) is 22.8 Å². The molecule has 1 amide bonds. The third-order valence-electron chi connectivity index (χ3n) is 4.09. The van der Waals surface area contributed by atoms with E-state index in [2.05, 4.69) is 15.3 Å². The van der Waals surface area contributed by atoms with E-state index in [9.17, 15) is 23.2 Å². The Morgan fingerprint density at radius 2 is 1.97 bits per heavy atom. The molecule has 0 aliphatic rings. The number of H-pyrrole nitrogens is 1. The van der Waals surface area contributed by atoms with Crippen molar-refractivity contribution in [3.63, 3.8) is 0 Å². The number of rotatable bonds is 6. The summed E-state index contributed by atoms with van der Waals surface area (Å²) in [5.41, 5.74) is -0.0287. The summed E-state index contributed by atoms with van der Waals surface area (Å²) in [6.45, 7) is 1.32. The molecular weight excluding hydrogens is 384 g/mol. The molecule has 0 aliphatic heterocycles. The van der Waals surface area contributed by atoms with Crippen molar-refractivity contribution in [3.8, 4) is 0 Å². The second-order valence-corrected chi connectivity index (χ2v) is 6.28. The predicted octanol–water partition coefficient (Wildman–Crippen LogP) is 2.70. The zero-order chi connectivity index (χ0) is 21.0. The molecule has 0 spiro atoms. The van der Waals surface area contributed by atoms with Gasteiger partial charge in [-0.05, 0) is 31.2 Å². The molecule has 7 nitrogen and oxygen atoms in total. The van der Waals surface area contributed by atoms with Gasteiger partial charge in [-0.25, -0.2) is 13.8 Å². The van der Waals surface area contributed by atoms with Crippen LogP contribution in [0.1, 0.15) is 19.2 Å². The minimum Gasteiger partial charge on any atom is -0.453 e. The summed E-state index contributed by atoms with van der Waals surface area (Å²) in [5.74, 6) is -2.86. The Balaban J connectivity index is 1.56. The molecule has 0 radical (unpaired) electrons. The third-order valence-corrected chi connectivity index (χ3v) is 4.09. The van der Waals surface area contributed by atoms with Crippen molar-refractivity contribution in [3.05, 3.63) is 70.3 Å². The number of halogens is 2. The zero-order valence-corrected chi connectivity index (χ0v) is 15.4. The van der Waals surface area contributed by atoms with Gasteiger partial charge in [-0.1, -0.05) is 12.1 Å². The second kappa shape index (κ2) is 8.59. The fourth-order valence-electron chi connectivity index (χ4n) is 2.61. The smallest absolute Gasteiger partial charge is 0.307 e. The van der Waals surface area contributed by atoms with E-state index in [4.69, 9.17) is 4.74 Å². The Bertz CT molecular complexity index is 1130. The number of carbonyl (C=O) groups is 2. The number of aryl methyl sites for hydroxylation is 1. The fraction of sp³-hybridized carbons (Fsp3) is 0.200. The van der Waals surface area contributed by atoms with Gasteiger partial charge in [-0.2, -0.15) is 0 Å². The first kappa shape index (κ1) is 20.1. The Hall–Kier alpha value is -3.62. The lowest BCUT2D eigenvalue weighted by molar-refractivity contribution is -0.153. The number of nitrogens with one attached hydrogen (secondary N) is 2. The Morgan fingerprint density at radius 1 is 1.21 bits per heavy atom. The second-order valence-electron chi connectivity index (χ2n) is 6.28. The predicted molar refractivity (Wildman–Crippen MR) is 101 cm³/mol. The first-order valence-electron chi connectivity index (χ1n) is 8.77. The Labute approximate surface area is 163 Å². The van der Waals surface area contributed by atoms with Crippen LogP contribution in [0.3, 0.4) is 0 Å². The number of para-hydroxylation sites is 1. The molecule has 0 bridgehead atoms. The molecule has 0 fully saturated rings. The van der Waals surface area contributed by atoms with Gasteiger partial charge in [-0.3, -0.25) is 14.4 Å². The van der Waals surface area contributed by atoms with Crippen LogP contribution in [0.2, 0.25) is 0 Å². The zero-order valence-electron chi connectivity index (χ0n) is 15.4. The molecule has 2 aromatic carbocycles. The largest absolute Gasteiger partial charge is 0.453 e.